The van der Waals surface area contributed by atoms with E-state index in [4.69, 9.17) is 23.2 Å². The minimum absolute atomic E-state index is 0.00327. The summed E-state index contributed by atoms with van der Waals surface area (Å²) in [7, 11) is -7.68. The van der Waals surface area contributed by atoms with Gasteiger partial charge in [0.15, 0.2) is 0 Å². The molecule has 0 heterocycles. The van der Waals surface area contributed by atoms with Crippen molar-refractivity contribution in [2.24, 2.45) is 0 Å². The number of hydrogen-bond donors (Lipinski definition) is 1. The standard InChI is InChI=1S/C25H18Cl2O4S3/c26-25(27)24-21(32)15-16-22(34(30,31)19-9-5-2-6-10-19)23(24)17-11-13-20(14-12-17)33(28,29)18-7-3-1-4-8-18/h1-16,25,32H. The Bertz CT molecular complexity index is 1540. The summed E-state index contributed by atoms with van der Waals surface area (Å²) >= 11 is 16.9. The first kappa shape index (κ1) is 24.8. The summed E-state index contributed by atoms with van der Waals surface area (Å²) in [6.07, 6.45) is 0. The molecular formula is C25H18Cl2O4S3. The molecule has 4 nitrogen and oxygen atoms in total. The average molecular weight is 550 g/mol. The van der Waals surface area contributed by atoms with Crippen molar-refractivity contribution >= 4 is 55.5 Å². The smallest absolute Gasteiger partial charge is 0.207 e. The van der Waals surface area contributed by atoms with Crippen LogP contribution in [-0.2, 0) is 19.7 Å². The molecule has 9 heteroatoms. The van der Waals surface area contributed by atoms with E-state index < -0.39 is 24.5 Å². The molecule has 0 unspecified atom stereocenters. The van der Waals surface area contributed by atoms with E-state index in [1.54, 1.807) is 48.5 Å². The molecule has 0 saturated heterocycles. The summed E-state index contributed by atoms with van der Waals surface area (Å²) in [6, 6.07) is 25.0. The molecule has 0 N–H and O–H groups in total. The van der Waals surface area contributed by atoms with Gasteiger partial charge in [-0.15, -0.1) is 12.6 Å². The Hall–Kier alpha value is -2.29. The summed E-state index contributed by atoms with van der Waals surface area (Å²) < 4.78 is 53.0. The second kappa shape index (κ2) is 9.76. The zero-order valence-corrected chi connectivity index (χ0v) is 21.5. The third kappa shape index (κ3) is 4.63. The van der Waals surface area contributed by atoms with Crippen LogP contribution in [0, 0.1) is 0 Å². The first-order chi connectivity index (χ1) is 16.1. The number of hydrogen-bond acceptors (Lipinski definition) is 5. The van der Waals surface area contributed by atoms with Gasteiger partial charge in [-0.1, -0.05) is 71.7 Å². The molecule has 0 radical (unpaired) electrons. The molecule has 0 aliphatic rings. The van der Waals surface area contributed by atoms with E-state index in [0.717, 1.165) is 0 Å². The first-order valence-corrected chi connectivity index (χ1v) is 14.3. The predicted molar refractivity (Wildman–Crippen MR) is 137 cm³/mol. The number of benzene rings is 4. The highest BCUT2D eigenvalue weighted by Gasteiger charge is 2.28. The quantitative estimate of drug-likeness (QED) is 0.213. The summed E-state index contributed by atoms with van der Waals surface area (Å²) in [5.41, 5.74) is 1.04. The highest BCUT2D eigenvalue weighted by Crippen LogP contribution is 2.43. The van der Waals surface area contributed by atoms with Crippen molar-refractivity contribution in [3.63, 3.8) is 0 Å². The van der Waals surface area contributed by atoms with Gasteiger partial charge in [-0.3, -0.25) is 0 Å². The maximum absolute atomic E-state index is 13.5. The van der Waals surface area contributed by atoms with Gasteiger partial charge in [0.2, 0.25) is 19.7 Å². The molecule has 4 aromatic carbocycles. The van der Waals surface area contributed by atoms with Crippen LogP contribution in [0.5, 0.6) is 0 Å². The van der Waals surface area contributed by atoms with Crippen LogP contribution in [0.4, 0.5) is 0 Å². The zero-order valence-electron chi connectivity index (χ0n) is 17.5. The zero-order chi connectivity index (χ0) is 24.5. The van der Waals surface area contributed by atoms with E-state index in [1.807, 2.05) is 0 Å². The molecule has 34 heavy (non-hydrogen) atoms. The lowest BCUT2D eigenvalue weighted by Gasteiger charge is -2.19. The topological polar surface area (TPSA) is 68.3 Å². The van der Waals surface area contributed by atoms with Crippen molar-refractivity contribution in [3.8, 4) is 11.1 Å². The van der Waals surface area contributed by atoms with Crippen molar-refractivity contribution in [1.29, 1.82) is 0 Å². The Balaban J connectivity index is 1.92. The van der Waals surface area contributed by atoms with Gasteiger partial charge in [0.25, 0.3) is 0 Å². The molecule has 174 valence electrons. The van der Waals surface area contributed by atoms with Gasteiger partial charge in [0, 0.05) is 16.0 Å². The molecule has 0 saturated carbocycles. The number of thiol groups is 1. The van der Waals surface area contributed by atoms with Gasteiger partial charge in [0.05, 0.1) is 19.6 Å². The van der Waals surface area contributed by atoms with Gasteiger partial charge >= 0.3 is 0 Å². The summed E-state index contributed by atoms with van der Waals surface area (Å²) in [5, 5.41) is 0. The van der Waals surface area contributed by atoms with E-state index in [9.17, 15) is 16.8 Å². The Labute approximate surface area is 214 Å². The van der Waals surface area contributed by atoms with Gasteiger partial charge < -0.3 is 0 Å². The van der Waals surface area contributed by atoms with Crippen molar-refractivity contribution in [2.75, 3.05) is 0 Å². The Morgan fingerprint density at radius 1 is 0.588 bits per heavy atom. The van der Waals surface area contributed by atoms with Crippen LogP contribution >= 0.6 is 35.8 Å². The molecule has 0 bridgehead atoms. The molecule has 0 spiro atoms. The van der Waals surface area contributed by atoms with E-state index in [-0.39, 0.29) is 25.1 Å². The highest BCUT2D eigenvalue weighted by atomic mass is 35.5. The normalized spacial score (nSPS) is 12.1. The molecule has 0 aliphatic heterocycles. The number of rotatable bonds is 6. The second-order valence-corrected chi connectivity index (χ2v) is 12.8. The van der Waals surface area contributed by atoms with E-state index in [1.165, 1.54) is 48.5 Å². The van der Waals surface area contributed by atoms with Crippen molar-refractivity contribution in [3.05, 3.63) is 103 Å². The highest BCUT2D eigenvalue weighted by molar-refractivity contribution is 7.92. The molecule has 0 aromatic heterocycles. The minimum atomic E-state index is -3.94. The fourth-order valence-electron chi connectivity index (χ4n) is 3.59. The lowest BCUT2D eigenvalue weighted by Crippen LogP contribution is -2.07. The van der Waals surface area contributed by atoms with Crippen LogP contribution in [0.2, 0.25) is 0 Å². The van der Waals surface area contributed by atoms with Crippen LogP contribution in [0.25, 0.3) is 11.1 Å². The molecule has 0 atom stereocenters. The third-order valence-electron chi connectivity index (χ3n) is 5.25. The third-order valence-corrected chi connectivity index (χ3v) is 9.68. The van der Waals surface area contributed by atoms with Crippen LogP contribution in [-0.4, -0.2) is 16.8 Å². The Morgan fingerprint density at radius 3 is 1.56 bits per heavy atom. The summed E-state index contributed by atoms with van der Waals surface area (Å²) in [5.74, 6) is 0. The molecular weight excluding hydrogens is 531 g/mol. The maximum atomic E-state index is 13.5. The molecule has 4 rings (SSSR count). The lowest BCUT2D eigenvalue weighted by molar-refractivity contribution is 0.594. The molecule has 0 fully saturated rings. The van der Waals surface area contributed by atoms with E-state index in [2.05, 4.69) is 12.6 Å². The number of alkyl halides is 2. The SMILES string of the molecule is O=S(=O)(c1ccccc1)c1ccc(-c2c(S(=O)(=O)c3ccccc3)ccc(S)c2C(Cl)Cl)cc1. The maximum Gasteiger partial charge on any atom is 0.207 e. The van der Waals surface area contributed by atoms with Crippen molar-refractivity contribution < 1.29 is 16.8 Å². The first-order valence-electron chi connectivity index (χ1n) is 9.99. The Morgan fingerprint density at radius 2 is 1.06 bits per heavy atom. The largest absolute Gasteiger partial charge is 0.219 e. The monoisotopic (exact) mass is 548 g/mol. The van der Waals surface area contributed by atoms with Crippen molar-refractivity contribution in [2.45, 2.75) is 29.3 Å². The number of halogens is 2. The van der Waals surface area contributed by atoms with Crippen LogP contribution < -0.4 is 0 Å². The van der Waals surface area contributed by atoms with E-state index >= 15 is 0 Å². The average Bonchev–Trinajstić information content (AvgIpc) is 2.84. The molecule has 0 aliphatic carbocycles. The van der Waals surface area contributed by atoms with Gasteiger partial charge in [0.1, 0.15) is 4.84 Å². The van der Waals surface area contributed by atoms with Gasteiger partial charge in [-0.25, -0.2) is 16.8 Å². The molecule has 0 amide bonds. The fourth-order valence-corrected chi connectivity index (χ4v) is 7.31. The fraction of sp³-hybridized carbons (Fsp3) is 0.0400. The predicted octanol–water partition coefficient (Wildman–Crippen LogP) is 6.78. The van der Waals surface area contributed by atoms with Gasteiger partial charge in [-0.2, -0.15) is 0 Å². The van der Waals surface area contributed by atoms with Crippen LogP contribution in [0.1, 0.15) is 10.4 Å². The summed E-state index contributed by atoms with van der Waals surface area (Å²) in [6.45, 7) is 0. The Kier molecular flexibility index (Phi) is 7.12. The summed E-state index contributed by atoms with van der Waals surface area (Å²) in [4.78, 5) is -0.310. The van der Waals surface area contributed by atoms with Gasteiger partial charge in [-0.05, 0) is 54.1 Å². The lowest BCUT2D eigenvalue weighted by atomic mass is 10.0. The van der Waals surface area contributed by atoms with E-state index in [0.29, 0.717) is 16.0 Å². The second-order valence-electron chi connectivity index (χ2n) is 7.33. The van der Waals surface area contributed by atoms with Crippen LogP contribution in [0.3, 0.4) is 0 Å². The van der Waals surface area contributed by atoms with Crippen molar-refractivity contribution in [1.82, 2.24) is 0 Å². The minimum Gasteiger partial charge on any atom is -0.219 e. The number of sulfone groups is 2. The molecule has 4 aromatic rings. The van der Waals surface area contributed by atoms with Crippen LogP contribution in [0.15, 0.2) is 122 Å².